The van der Waals surface area contributed by atoms with Gasteiger partial charge in [-0.15, -0.1) is 0 Å². The number of azide groups is 1. The lowest BCUT2D eigenvalue weighted by Gasteiger charge is -1.98. The molecule has 0 radical (unpaired) electrons. The Morgan fingerprint density at radius 3 is 2.67 bits per heavy atom. The molecule has 1 aromatic rings. The maximum atomic E-state index is 12.7. The molecule has 0 aromatic heterocycles. The van der Waals surface area contributed by atoms with Gasteiger partial charge < -0.3 is 0 Å². The summed E-state index contributed by atoms with van der Waals surface area (Å²) in [6.07, 6.45) is 0. The van der Waals surface area contributed by atoms with Gasteiger partial charge in [-0.25, -0.2) is 8.78 Å². The molecule has 0 bridgehead atoms. The van der Waals surface area contributed by atoms with Crippen molar-refractivity contribution in [1.82, 2.24) is 0 Å². The van der Waals surface area contributed by atoms with Crippen LogP contribution in [0.15, 0.2) is 17.2 Å². The molecular formula is C6H2ClF2N3. The van der Waals surface area contributed by atoms with Gasteiger partial charge in [-0.05, 0) is 17.7 Å². The lowest BCUT2D eigenvalue weighted by Crippen LogP contribution is -1.83. The van der Waals surface area contributed by atoms with E-state index >= 15 is 0 Å². The molecule has 1 aromatic carbocycles. The fourth-order valence-electron chi connectivity index (χ4n) is 0.653. The average Bonchev–Trinajstić information content (AvgIpc) is 2.06. The molecule has 62 valence electrons. The molecule has 0 heterocycles. The summed E-state index contributed by atoms with van der Waals surface area (Å²) in [6, 6.07) is 1.97. The summed E-state index contributed by atoms with van der Waals surface area (Å²) in [4.78, 5) is 2.30. The molecule has 0 atom stereocenters. The van der Waals surface area contributed by atoms with Crippen LogP contribution in [-0.4, -0.2) is 0 Å². The summed E-state index contributed by atoms with van der Waals surface area (Å²) in [5.41, 5.74) is 7.46. The summed E-state index contributed by atoms with van der Waals surface area (Å²) < 4.78 is 25.2. The van der Waals surface area contributed by atoms with Gasteiger partial charge in [0.25, 0.3) is 0 Å². The largest absolute Gasteiger partial charge is 0.204 e. The van der Waals surface area contributed by atoms with Crippen LogP contribution in [0.1, 0.15) is 0 Å². The first-order valence-corrected chi connectivity index (χ1v) is 3.23. The predicted molar refractivity (Wildman–Crippen MR) is 40.2 cm³/mol. The second-order valence-electron chi connectivity index (χ2n) is 1.88. The van der Waals surface area contributed by atoms with Crippen LogP contribution in [0, 0.1) is 11.6 Å². The number of nitrogens with zero attached hydrogens (tertiary/aromatic N) is 3. The highest BCUT2D eigenvalue weighted by Crippen LogP contribution is 2.29. The zero-order chi connectivity index (χ0) is 9.14. The molecule has 1 rings (SSSR count). The molecule has 0 fully saturated rings. The molecule has 6 heteroatoms. The fraction of sp³-hybridized carbons (Fsp3) is 0. The minimum atomic E-state index is -1.24. The quantitative estimate of drug-likeness (QED) is 0.281. The van der Waals surface area contributed by atoms with Crippen LogP contribution in [0.2, 0.25) is 5.02 Å². The summed E-state index contributed by atoms with van der Waals surface area (Å²) in [5, 5.41) is 2.78. The number of halogens is 3. The molecule has 0 aliphatic rings. The number of benzene rings is 1. The first-order valence-electron chi connectivity index (χ1n) is 2.85. The molecule has 0 unspecified atom stereocenters. The van der Waals surface area contributed by atoms with Gasteiger partial charge in [0.15, 0.2) is 11.6 Å². The number of hydrogen-bond donors (Lipinski definition) is 0. The van der Waals surface area contributed by atoms with E-state index < -0.39 is 17.3 Å². The van der Waals surface area contributed by atoms with Crippen molar-refractivity contribution in [2.24, 2.45) is 5.11 Å². The van der Waals surface area contributed by atoms with Gasteiger partial charge in [-0.1, -0.05) is 16.7 Å². The SMILES string of the molecule is [N-]=[N+]=Nc1c(Cl)ccc(F)c1F. The molecule has 3 nitrogen and oxygen atoms in total. The zero-order valence-corrected chi connectivity index (χ0v) is 6.39. The Morgan fingerprint density at radius 2 is 2.08 bits per heavy atom. The summed E-state index contributed by atoms with van der Waals surface area (Å²) in [5.74, 6) is -2.33. The van der Waals surface area contributed by atoms with E-state index in [1.807, 2.05) is 0 Å². The van der Waals surface area contributed by atoms with E-state index in [1.54, 1.807) is 0 Å². The first-order chi connectivity index (χ1) is 5.66. The predicted octanol–water partition coefficient (Wildman–Crippen LogP) is 3.56. The van der Waals surface area contributed by atoms with E-state index in [0.717, 1.165) is 12.1 Å². The van der Waals surface area contributed by atoms with Gasteiger partial charge in [0.1, 0.15) is 0 Å². The number of rotatable bonds is 1. The lowest BCUT2D eigenvalue weighted by atomic mass is 10.3. The molecule has 0 amide bonds. The standard InChI is InChI=1S/C6H2ClF2N3/c7-3-1-2-4(8)5(9)6(3)11-12-10/h1-2H. The highest BCUT2D eigenvalue weighted by Gasteiger charge is 2.09. The van der Waals surface area contributed by atoms with Gasteiger partial charge in [0, 0.05) is 4.91 Å². The van der Waals surface area contributed by atoms with Crippen LogP contribution in [0.5, 0.6) is 0 Å². The van der Waals surface area contributed by atoms with E-state index in [1.165, 1.54) is 0 Å². The Hall–Kier alpha value is -1.32. The Balaban J connectivity index is 3.42. The highest BCUT2D eigenvalue weighted by molar-refractivity contribution is 6.32. The second-order valence-corrected chi connectivity index (χ2v) is 2.29. The van der Waals surface area contributed by atoms with Crippen molar-refractivity contribution in [3.05, 3.63) is 39.2 Å². The lowest BCUT2D eigenvalue weighted by molar-refractivity contribution is 0.510. The summed E-state index contributed by atoms with van der Waals surface area (Å²) in [7, 11) is 0. The van der Waals surface area contributed by atoms with Crippen molar-refractivity contribution < 1.29 is 8.78 Å². The van der Waals surface area contributed by atoms with Crippen molar-refractivity contribution in [3.8, 4) is 0 Å². The molecule has 0 saturated heterocycles. The third-order valence-corrected chi connectivity index (χ3v) is 1.47. The van der Waals surface area contributed by atoms with E-state index in [4.69, 9.17) is 17.1 Å². The Morgan fingerprint density at radius 1 is 1.42 bits per heavy atom. The van der Waals surface area contributed by atoms with Crippen molar-refractivity contribution in [2.45, 2.75) is 0 Å². The zero-order valence-electron chi connectivity index (χ0n) is 5.63. The van der Waals surface area contributed by atoms with Gasteiger partial charge >= 0.3 is 0 Å². The van der Waals surface area contributed by atoms with E-state index in [0.29, 0.717) is 0 Å². The highest BCUT2D eigenvalue weighted by atomic mass is 35.5. The summed E-state index contributed by atoms with van der Waals surface area (Å²) >= 11 is 5.41. The van der Waals surface area contributed by atoms with E-state index in [-0.39, 0.29) is 5.02 Å². The van der Waals surface area contributed by atoms with E-state index in [2.05, 4.69) is 10.0 Å². The van der Waals surface area contributed by atoms with Crippen molar-refractivity contribution in [3.63, 3.8) is 0 Å². The van der Waals surface area contributed by atoms with Crippen LogP contribution >= 0.6 is 11.6 Å². The Kier molecular flexibility index (Phi) is 2.47. The van der Waals surface area contributed by atoms with Gasteiger partial charge in [-0.3, -0.25) is 0 Å². The molecule has 0 aliphatic carbocycles. The fourth-order valence-corrected chi connectivity index (χ4v) is 0.837. The van der Waals surface area contributed by atoms with E-state index in [9.17, 15) is 8.78 Å². The number of hydrogen-bond acceptors (Lipinski definition) is 1. The minimum absolute atomic E-state index is 0.119. The molecular weight excluding hydrogens is 188 g/mol. The Bertz CT molecular complexity index is 360. The smallest absolute Gasteiger partial charge is 0.169 e. The van der Waals surface area contributed by atoms with Crippen LogP contribution in [0.3, 0.4) is 0 Å². The first kappa shape index (κ1) is 8.77. The third kappa shape index (κ3) is 1.47. The van der Waals surface area contributed by atoms with Gasteiger partial charge in [0.05, 0.1) is 10.7 Å². The van der Waals surface area contributed by atoms with Crippen molar-refractivity contribution in [1.29, 1.82) is 0 Å². The van der Waals surface area contributed by atoms with Crippen LogP contribution < -0.4 is 0 Å². The van der Waals surface area contributed by atoms with Gasteiger partial charge in [-0.2, -0.15) is 0 Å². The van der Waals surface area contributed by atoms with Crippen LogP contribution in [-0.2, 0) is 0 Å². The van der Waals surface area contributed by atoms with Crippen LogP contribution in [0.4, 0.5) is 14.5 Å². The maximum absolute atomic E-state index is 12.7. The maximum Gasteiger partial charge on any atom is 0.169 e. The topological polar surface area (TPSA) is 48.8 Å². The van der Waals surface area contributed by atoms with Crippen molar-refractivity contribution in [2.75, 3.05) is 0 Å². The van der Waals surface area contributed by atoms with Crippen molar-refractivity contribution >= 4 is 17.3 Å². The monoisotopic (exact) mass is 189 g/mol. The second kappa shape index (κ2) is 3.38. The third-order valence-electron chi connectivity index (χ3n) is 1.16. The molecule has 0 N–H and O–H groups in total. The normalized spacial score (nSPS) is 9.25. The average molecular weight is 190 g/mol. The van der Waals surface area contributed by atoms with Gasteiger partial charge in [0.2, 0.25) is 0 Å². The molecule has 12 heavy (non-hydrogen) atoms. The Labute approximate surface area is 71.2 Å². The van der Waals surface area contributed by atoms with Crippen LogP contribution in [0.25, 0.3) is 10.4 Å². The minimum Gasteiger partial charge on any atom is -0.204 e. The molecule has 0 aliphatic heterocycles. The molecule has 0 saturated carbocycles. The molecule has 0 spiro atoms. The summed E-state index contributed by atoms with van der Waals surface area (Å²) in [6.45, 7) is 0.